The Morgan fingerprint density at radius 3 is 2.59 bits per heavy atom. The SMILES string of the molecule is COc1cc(/C=C2\SC(=O)N(Cc3ccccc3)C2=O)cc(I)c1OCC(=O)Nc1ccc(C)c(Cl)c1. The summed E-state index contributed by atoms with van der Waals surface area (Å²) in [6.45, 7) is 1.85. The van der Waals surface area contributed by atoms with Crippen LogP contribution in [0.2, 0.25) is 5.02 Å². The molecular formula is C27H22ClIN2O5S. The van der Waals surface area contributed by atoms with Crippen molar-refractivity contribution in [2.24, 2.45) is 0 Å². The van der Waals surface area contributed by atoms with Crippen LogP contribution in [0.15, 0.2) is 65.6 Å². The topological polar surface area (TPSA) is 84.9 Å². The Morgan fingerprint density at radius 2 is 1.89 bits per heavy atom. The predicted molar refractivity (Wildman–Crippen MR) is 154 cm³/mol. The number of hydrogen-bond donors (Lipinski definition) is 1. The largest absolute Gasteiger partial charge is 0.493 e. The minimum atomic E-state index is -0.353. The van der Waals surface area contributed by atoms with Gasteiger partial charge in [-0.3, -0.25) is 19.3 Å². The van der Waals surface area contributed by atoms with Gasteiger partial charge in [-0.1, -0.05) is 48.0 Å². The second-order valence-corrected chi connectivity index (χ2v) is 10.7. The molecule has 1 saturated heterocycles. The van der Waals surface area contributed by atoms with Crippen LogP contribution in [-0.4, -0.2) is 35.7 Å². The van der Waals surface area contributed by atoms with E-state index in [0.29, 0.717) is 36.2 Å². The van der Waals surface area contributed by atoms with Crippen LogP contribution >= 0.6 is 46.0 Å². The molecule has 1 heterocycles. The number of amides is 3. The van der Waals surface area contributed by atoms with Gasteiger partial charge in [0, 0.05) is 10.7 Å². The summed E-state index contributed by atoms with van der Waals surface area (Å²) in [4.78, 5) is 39.3. The van der Waals surface area contributed by atoms with Crippen LogP contribution in [0.25, 0.3) is 6.08 Å². The summed E-state index contributed by atoms with van der Waals surface area (Å²) in [5.41, 5.74) is 3.02. The van der Waals surface area contributed by atoms with Crippen molar-refractivity contribution in [3.05, 3.63) is 90.9 Å². The number of methoxy groups -OCH3 is 1. The van der Waals surface area contributed by atoms with Crippen molar-refractivity contribution < 1.29 is 23.9 Å². The van der Waals surface area contributed by atoms with E-state index in [0.717, 1.165) is 22.9 Å². The lowest BCUT2D eigenvalue weighted by Crippen LogP contribution is -2.27. The van der Waals surface area contributed by atoms with Crippen LogP contribution in [0.3, 0.4) is 0 Å². The summed E-state index contributed by atoms with van der Waals surface area (Å²) in [5, 5.41) is 2.99. The minimum Gasteiger partial charge on any atom is -0.493 e. The number of nitrogens with zero attached hydrogens (tertiary/aromatic N) is 1. The van der Waals surface area contributed by atoms with E-state index in [1.54, 1.807) is 30.3 Å². The van der Waals surface area contributed by atoms with E-state index >= 15 is 0 Å². The van der Waals surface area contributed by atoms with Gasteiger partial charge in [0.2, 0.25) is 0 Å². The van der Waals surface area contributed by atoms with Crippen LogP contribution in [0.4, 0.5) is 10.5 Å². The van der Waals surface area contributed by atoms with Crippen molar-refractivity contribution in [2.45, 2.75) is 13.5 Å². The molecule has 0 unspecified atom stereocenters. The number of imide groups is 1. The fourth-order valence-electron chi connectivity index (χ4n) is 3.52. The smallest absolute Gasteiger partial charge is 0.293 e. The van der Waals surface area contributed by atoms with E-state index in [1.807, 2.05) is 43.3 Å². The summed E-state index contributed by atoms with van der Waals surface area (Å²) in [5.74, 6) is 0.0948. The Labute approximate surface area is 237 Å². The lowest BCUT2D eigenvalue weighted by molar-refractivity contribution is -0.123. The Bertz CT molecular complexity index is 1400. The quantitative estimate of drug-likeness (QED) is 0.221. The number of ether oxygens (including phenoxy) is 2. The van der Waals surface area contributed by atoms with Gasteiger partial charge in [0.25, 0.3) is 17.1 Å². The molecule has 190 valence electrons. The maximum atomic E-state index is 12.9. The molecule has 0 radical (unpaired) electrons. The van der Waals surface area contributed by atoms with Gasteiger partial charge >= 0.3 is 0 Å². The lowest BCUT2D eigenvalue weighted by atomic mass is 10.1. The molecule has 0 aromatic heterocycles. The van der Waals surface area contributed by atoms with Crippen LogP contribution in [0, 0.1) is 10.5 Å². The van der Waals surface area contributed by atoms with Gasteiger partial charge in [-0.05, 0) is 88.3 Å². The van der Waals surface area contributed by atoms with E-state index in [1.165, 1.54) is 12.0 Å². The number of thioether (sulfide) groups is 1. The zero-order valence-corrected chi connectivity index (χ0v) is 23.6. The number of aryl methyl sites for hydroxylation is 1. The Kier molecular flexibility index (Phi) is 8.78. The molecule has 0 aliphatic carbocycles. The third-order valence-electron chi connectivity index (χ3n) is 5.41. The maximum Gasteiger partial charge on any atom is 0.293 e. The summed E-state index contributed by atoms with van der Waals surface area (Å²) in [7, 11) is 1.49. The van der Waals surface area contributed by atoms with Gasteiger partial charge in [0.15, 0.2) is 18.1 Å². The van der Waals surface area contributed by atoms with E-state index in [-0.39, 0.29) is 30.2 Å². The molecule has 3 amide bonds. The number of carbonyl (C=O) groups excluding carboxylic acids is 3. The fraction of sp³-hybridized carbons (Fsp3) is 0.148. The first-order valence-electron chi connectivity index (χ1n) is 11.1. The molecule has 3 aromatic carbocycles. The van der Waals surface area contributed by atoms with Crippen molar-refractivity contribution in [1.29, 1.82) is 0 Å². The number of nitrogens with one attached hydrogen (secondary N) is 1. The molecule has 0 bridgehead atoms. The molecule has 0 atom stereocenters. The highest BCUT2D eigenvalue weighted by molar-refractivity contribution is 14.1. The van der Waals surface area contributed by atoms with Gasteiger partial charge in [0.05, 0.1) is 22.1 Å². The number of halogens is 2. The second-order valence-electron chi connectivity index (χ2n) is 8.09. The van der Waals surface area contributed by atoms with Gasteiger partial charge in [-0.15, -0.1) is 0 Å². The van der Waals surface area contributed by atoms with Gasteiger partial charge < -0.3 is 14.8 Å². The Balaban J connectivity index is 1.46. The second kappa shape index (κ2) is 12.0. The van der Waals surface area contributed by atoms with Gasteiger partial charge in [-0.2, -0.15) is 0 Å². The van der Waals surface area contributed by atoms with Crippen LogP contribution in [-0.2, 0) is 16.1 Å². The number of hydrogen-bond acceptors (Lipinski definition) is 6. The Morgan fingerprint density at radius 1 is 1.14 bits per heavy atom. The maximum absolute atomic E-state index is 12.9. The molecule has 10 heteroatoms. The molecule has 1 N–H and O–H groups in total. The highest BCUT2D eigenvalue weighted by Crippen LogP contribution is 2.37. The summed E-state index contributed by atoms with van der Waals surface area (Å²) in [6, 6.07) is 18.1. The van der Waals surface area contributed by atoms with Crippen molar-refractivity contribution in [2.75, 3.05) is 19.0 Å². The highest BCUT2D eigenvalue weighted by Gasteiger charge is 2.35. The van der Waals surface area contributed by atoms with Crippen molar-refractivity contribution >= 4 is 74.8 Å². The molecule has 4 rings (SSSR count). The molecule has 0 spiro atoms. The molecule has 1 fully saturated rings. The number of benzene rings is 3. The molecule has 0 saturated carbocycles. The molecule has 37 heavy (non-hydrogen) atoms. The van der Waals surface area contributed by atoms with E-state index in [4.69, 9.17) is 21.1 Å². The molecule has 7 nitrogen and oxygen atoms in total. The first kappa shape index (κ1) is 27.0. The number of carbonyl (C=O) groups is 3. The minimum absolute atomic E-state index is 0.216. The zero-order valence-electron chi connectivity index (χ0n) is 19.9. The third kappa shape index (κ3) is 6.65. The fourth-order valence-corrected chi connectivity index (χ4v) is 5.32. The first-order chi connectivity index (χ1) is 17.7. The predicted octanol–water partition coefficient (Wildman–Crippen LogP) is 6.52. The first-order valence-corrected chi connectivity index (χ1v) is 13.4. The third-order valence-corrected chi connectivity index (χ3v) is 7.53. The average molecular weight is 649 g/mol. The summed E-state index contributed by atoms with van der Waals surface area (Å²) in [6.07, 6.45) is 1.65. The number of anilines is 1. The summed E-state index contributed by atoms with van der Waals surface area (Å²) >= 11 is 9.09. The monoisotopic (exact) mass is 648 g/mol. The van der Waals surface area contributed by atoms with Crippen molar-refractivity contribution in [3.8, 4) is 11.5 Å². The van der Waals surface area contributed by atoms with Gasteiger partial charge in [-0.25, -0.2) is 0 Å². The van der Waals surface area contributed by atoms with Crippen LogP contribution in [0.1, 0.15) is 16.7 Å². The molecular weight excluding hydrogens is 627 g/mol. The Hall–Kier alpha value is -3.02. The lowest BCUT2D eigenvalue weighted by Gasteiger charge is -2.14. The van der Waals surface area contributed by atoms with Crippen LogP contribution in [0.5, 0.6) is 11.5 Å². The number of rotatable bonds is 8. The molecule has 1 aliphatic rings. The van der Waals surface area contributed by atoms with E-state index in [2.05, 4.69) is 27.9 Å². The van der Waals surface area contributed by atoms with Crippen LogP contribution < -0.4 is 14.8 Å². The van der Waals surface area contributed by atoms with E-state index < -0.39 is 0 Å². The normalized spacial score (nSPS) is 14.3. The molecule has 3 aromatic rings. The molecule has 1 aliphatic heterocycles. The van der Waals surface area contributed by atoms with Gasteiger partial charge in [0.1, 0.15) is 0 Å². The zero-order chi connectivity index (χ0) is 26.5. The summed E-state index contributed by atoms with van der Waals surface area (Å²) < 4.78 is 11.9. The van der Waals surface area contributed by atoms with Crippen molar-refractivity contribution in [3.63, 3.8) is 0 Å². The highest BCUT2D eigenvalue weighted by atomic mass is 127. The standard InChI is InChI=1S/C27H22ClIN2O5S/c1-16-8-9-19(13-20(16)28)30-24(32)15-36-25-21(29)10-18(11-22(25)35-2)12-23-26(33)31(27(34)37-23)14-17-6-4-3-5-7-17/h3-13H,14-15H2,1-2H3,(H,30,32)/b23-12-. The average Bonchev–Trinajstić information content (AvgIpc) is 3.13. The van der Waals surface area contributed by atoms with Crippen molar-refractivity contribution in [1.82, 2.24) is 4.90 Å². The van der Waals surface area contributed by atoms with E-state index in [9.17, 15) is 14.4 Å².